The van der Waals surface area contributed by atoms with E-state index in [9.17, 15) is 18.4 Å². The Morgan fingerprint density at radius 2 is 1.91 bits per heavy atom. The number of halogens is 3. The number of primary amides is 1. The van der Waals surface area contributed by atoms with Crippen molar-refractivity contribution >= 4 is 23.4 Å². The molecule has 0 aliphatic heterocycles. The van der Waals surface area contributed by atoms with Crippen molar-refractivity contribution in [1.82, 2.24) is 15.3 Å². The Morgan fingerprint density at radius 3 is 2.55 bits per heavy atom. The standard InChI is InChI=1S/C13H9ClF2N4O2/c14-7-3-6(1-2-8(7)15)4-18-13(22)11-9(16)10(12(17)21)19-5-20-11/h1-3,5H,4H2,(H2,17,21)(H,18,22). The first-order valence-electron chi connectivity index (χ1n) is 5.92. The van der Waals surface area contributed by atoms with E-state index in [1.807, 2.05) is 0 Å². The molecular weight excluding hydrogens is 318 g/mol. The third-order valence-electron chi connectivity index (χ3n) is 2.68. The summed E-state index contributed by atoms with van der Waals surface area (Å²) in [5.41, 5.74) is 4.14. The summed E-state index contributed by atoms with van der Waals surface area (Å²) in [6.07, 6.45) is 0.854. The Kier molecular flexibility index (Phi) is 4.62. The van der Waals surface area contributed by atoms with Crippen molar-refractivity contribution in [2.75, 3.05) is 0 Å². The molecule has 0 radical (unpaired) electrons. The number of aromatic nitrogens is 2. The SMILES string of the molecule is NC(=O)c1ncnc(C(=O)NCc2ccc(F)c(Cl)c2)c1F. The molecule has 0 spiro atoms. The second-order valence-electron chi connectivity index (χ2n) is 4.18. The lowest BCUT2D eigenvalue weighted by molar-refractivity contribution is 0.0940. The number of rotatable bonds is 4. The first-order chi connectivity index (χ1) is 10.4. The summed E-state index contributed by atoms with van der Waals surface area (Å²) >= 11 is 5.61. The Morgan fingerprint density at radius 1 is 1.23 bits per heavy atom. The van der Waals surface area contributed by atoms with E-state index in [1.165, 1.54) is 12.1 Å². The Bertz CT molecular complexity index is 755. The van der Waals surface area contributed by atoms with Crippen molar-refractivity contribution in [2.24, 2.45) is 5.73 Å². The number of hydrogen-bond acceptors (Lipinski definition) is 4. The van der Waals surface area contributed by atoms with Gasteiger partial charge in [-0.1, -0.05) is 17.7 Å². The molecule has 22 heavy (non-hydrogen) atoms. The predicted octanol–water partition coefficient (Wildman–Crippen LogP) is 1.44. The Labute approximate surface area is 128 Å². The zero-order valence-corrected chi connectivity index (χ0v) is 11.7. The molecule has 0 aliphatic rings. The van der Waals surface area contributed by atoms with Crippen molar-refractivity contribution in [1.29, 1.82) is 0 Å². The lowest BCUT2D eigenvalue weighted by atomic mass is 10.2. The molecule has 1 heterocycles. The third-order valence-corrected chi connectivity index (χ3v) is 2.96. The van der Waals surface area contributed by atoms with Crippen LogP contribution in [-0.4, -0.2) is 21.8 Å². The van der Waals surface area contributed by atoms with Gasteiger partial charge in [0, 0.05) is 6.54 Å². The molecule has 1 aromatic heterocycles. The van der Waals surface area contributed by atoms with Gasteiger partial charge in [-0.2, -0.15) is 0 Å². The molecule has 2 rings (SSSR count). The molecule has 0 saturated carbocycles. The summed E-state index contributed by atoms with van der Waals surface area (Å²) in [5.74, 6) is -3.78. The highest BCUT2D eigenvalue weighted by Gasteiger charge is 2.20. The summed E-state index contributed by atoms with van der Waals surface area (Å²) in [7, 11) is 0. The van der Waals surface area contributed by atoms with Crippen LogP contribution >= 0.6 is 11.6 Å². The molecule has 6 nitrogen and oxygen atoms in total. The maximum absolute atomic E-state index is 13.9. The molecule has 0 saturated heterocycles. The summed E-state index contributed by atoms with van der Waals surface area (Å²) in [6, 6.07) is 3.87. The van der Waals surface area contributed by atoms with Gasteiger partial charge in [-0.25, -0.2) is 18.7 Å². The molecule has 2 amide bonds. The minimum Gasteiger partial charge on any atom is -0.364 e. The molecule has 1 aromatic carbocycles. The van der Waals surface area contributed by atoms with E-state index in [-0.39, 0.29) is 11.6 Å². The quantitative estimate of drug-likeness (QED) is 0.888. The lowest BCUT2D eigenvalue weighted by Crippen LogP contribution is -2.27. The van der Waals surface area contributed by atoms with E-state index in [2.05, 4.69) is 15.3 Å². The van der Waals surface area contributed by atoms with Gasteiger partial charge in [0.2, 0.25) is 0 Å². The number of carbonyl (C=O) groups excluding carboxylic acids is 2. The highest BCUT2D eigenvalue weighted by atomic mass is 35.5. The second kappa shape index (κ2) is 6.44. The fourth-order valence-electron chi connectivity index (χ4n) is 1.62. The predicted molar refractivity (Wildman–Crippen MR) is 73.1 cm³/mol. The van der Waals surface area contributed by atoms with Crippen LogP contribution in [0.4, 0.5) is 8.78 Å². The zero-order chi connectivity index (χ0) is 16.3. The fourth-order valence-corrected chi connectivity index (χ4v) is 1.82. The van der Waals surface area contributed by atoms with E-state index in [0.29, 0.717) is 5.56 Å². The first kappa shape index (κ1) is 15.8. The second-order valence-corrected chi connectivity index (χ2v) is 4.59. The molecular formula is C13H9ClF2N4O2. The summed E-state index contributed by atoms with van der Waals surface area (Å²) < 4.78 is 26.9. The third kappa shape index (κ3) is 3.34. The monoisotopic (exact) mass is 326 g/mol. The van der Waals surface area contributed by atoms with Crippen molar-refractivity contribution < 1.29 is 18.4 Å². The lowest BCUT2D eigenvalue weighted by Gasteiger charge is -2.07. The normalized spacial score (nSPS) is 10.3. The number of benzene rings is 1. The van der Waals surface area contributed by atoms with Gasteiger partial charge in [-0.05, 0) is 17.7 Å². The summed E-state index contributed by atoms with van der Waals surface area (Å²) in [5, 5.41) is 2.27. The van der Waals surface area contributed by atoms with Gasteiger partial charge in [-0.3, -0.25) is 9.59 Å². The van der Waals surface area contributed by atoms with E-state index in [0.717, 1.165) is 12.4 Å². The van der Waals surface area contributed by atoms with Crippen LogP contribution in [0.15, 0.2) is 24.5 Å². The van der Waals surface area contributed by atoms with Crippen molar-refractivity contribution in [3.63, 3.8) is 0 Å². The van der Waals surface area contributed by atoms with E-state index in [4.69, 9.17) is 17.3 Å². The molecule has 114 valence electrons. The van der Waals surface area contributed by atoms with Gasteiger partial charge >= 0.3 is 0 Å². The van der Waals surface area contributed by atoms with Gasteiger partial charge in [0.05, 0.1) is 5.02 Å². The fraction of sp³-hybridized carbons (Fsp3) is 0.0769. The smallest absolute Gasteiger partial charge is 0.273 e. The average molecular weight is 327 g/mol. The minimum absolute atomic E-state index is 0.0336. The number of nitrogens with one attached hydrogen (secondary N) is 1. The largest absolute Gasteiger partial charge is 0.364 e. The average Bonchev–Trinajstić information content (AvgIpc) is 2.48. The highest BCUT2D eigenvalue weighted by molar-refractivity contribution is 6.30. The van der Waals surface area contributed by atoms with Gasteiger partial charge in [-0.15, -0.1) is 0 Å². The number of carbonyl (C=O) groups is 2. The molecule has 9 heteroatoms. The number of amides is 2. The molecule has 2 aromatic rings. The van der Waals surface area contributed by atoms with Crippen molar-refractivity contribution in [3.8, 4) is 0 Å². The molecule has 0 fully saturated rings. The minimum atomic E-state index is -1.20. The molecule has 3 N–H and O–H groups in total. The van der Waals surface area contributed by atoms with Gasteiger partial charge in [0.25, 0.3) is 11.8 Å². The molecule has 0 atom stereocenters. The maximum Gasteiger partial charge on any atom is 0.273 e. The van der Waals surface area contributed by atoms with Crippen LogP contribution in [0.25, 0.3) is 0 Å². The number of nitrogens with two attached hydrogens (primary N) is 1. The zero-order valence-electron chi connectivity index (χ0n) is 10.9. The van der Waals surface area contributed by atoms with Crippen molar-refractivity contribution in [2.45, 2.75) is 6.54 Å². The van der Waals surface area contributed by atoms with Crippen LogP contribution in [0.3, 0.4) is 0 Å². The van der Waals surface area contributed by atoms with Crippen LogP contribution in [0, 0.1) is 11.6 Å². The van der Waals surface area contributed by atoms with Crippen LogP contribution in [0.5, 0.6) is 0 Å². The van der Waals surface area contributed by atoms with Gasteiger partial charge in [0.15, 0.2) is 17.2 Å². The molecule has 0 bridgehead atoms. The summed E-state index contributed by atoms with van der Waals surface area (Å²) in [4.78, 5) is 29.7. The first-order valence-corrected chi connectivity index (χ1v) is 6.30. The van der Waals surface area contributed by atoms with Crippen LogP contribution < -0.4 is 11.1 Å². The van der Waals surface area contributed by atoms with Crippen molar-refractivity contribution in [3.05, 3.63) is 58.1 Å². The van der Waals surface area contributed by atoms with E-state index in [1.54, 1.807) is 0 Å². The molecule has 0 aliphatic carbocycles. The number of nitrogens with zero attached hydrogens (tertiary/aromatic N) is 2. The van der Waals surface area contributed by atoms with Gasteiger partial charge in [0.1, 0.15) is 12.1 Å². The molecule has 0 unspecified atom stereocenters. The number of hydrogen-bond donors (Lipinski definition) is 2. The summed E-state index contributed by atoms with van der Waals surface area (Å²) in [6.45, 7) is -0.0336. The Hall–Kier alpha value is -2.61. The van der Waals surface area contributed by atoms with Crippen LogP contribution in [0.2, 0.25) is 5.02 Å². The van der Waals surface area contributed by atoms with E-state index < -0.39 is 34.8 Å². The highest BCUT2D eigenvalue weighted by Crippen LogP contribution is 2.16. The Balaban J connectivity index is 2.14. The topological polar surface area (TPSA) is 98.0 Å². The maximum atomic E-state index is 13.9. The van der Waals surface area contributed by atoms with Crippen LogP contribution in [0.1, 0.15) is 26.5 Å². The van der Waals surface area contributed by atoms with E-state index >= 15 is 0 Å². The van der Waals surface area contributed by atoms with Crippen LogP contribution in [-0.2, 0) is 6.54 Å². The van der Waals surface area contributed by atoms with Gasteiger partial charge < -0.3 is 11.1 Å².